The number of nitrogens with one attached hydrogen (secondary N) is 1. The van der Waals surface area contributed by atoms with Gasteiger partial charge in [-0.05, 0) is 26.0 Å². The molecule has 0 aliphatic heterocycles. The van der Waals surface area contributed by atoms with Crippen LogP contribution in [0.15, 0.2) is 29.1 Å². The zero-order valence-electron chi connectivity index (χ0n) is 9.14. The monoisotopic (exact) mass is 239 g/mol. The van der Waals surface area contributed by atoms with Gasteiger partial charge in [-0.25, -0.2) is 0 Å². The Morgan fingerprint density at radius 3 is 2.94 bits per heavy atom. The lowest BCUT2D eigenvalue weighted by Gasteiger charge is -2.19. The molecule has 86 valence electrons. The van der Waals surface area contributed by atoms with E-state index in [1.807, 2.05) is 13.8 Å². The van der Waals surface area contributed by atoms with Gasteiger partial charge in [-0.2, -0.15) is 0 Å². The van der Waals surface area contributed by atoms with Crippen molar-refractivity contribution in [3.05, 3.63) is 35.0 Å². The Bertz CT molecular complexity index is 368. The van der Waals surface area contributed by atoms with Gasteiger partial charge < -0.3 is 5.32 Å². The summed E-state index contributed by atoms with van der Waals surface area (Å²) in [5, 5.41) is 2.73. The highest BCUT2D eigenvalue weighted by Crippen LogP contribution is 2.23. The second-order valence-electron chi connectivity index (χ2n) is 3.85. The fourth-order valence-electron chi connectivity index (χ4n) is 1.03. The summed E-state index contributed by atoms with van der Waals surface area (Å²) in [5.74, 6) is -0.201. The van der Waals surface area contributed by atoms with E-state index in [0.717, 1.165) is 11.9 Å². The molecule has 0 saturated carbocycles. The minimum atomic E-state index is -0.403. The fraction of sp³-hybridized carbons (Fsp3) is 0.400. The van der Waals surface area contributed by atoms with Crippen molar-refractivity contribution in [1.29, 1.82) is 0 Å². The highest BCUT2D eigenvalue weighted by atomic mass is 32.2. The molecule has 5 nitrogen and oxygen atoms in total. The maximum Gasteiger partial charge on any atom is 0.252 e. The first kappa shape index (κ1) is 12.6. The van der Waals surface area contributed by atoms with Crippen molar-refractivity contribution >= 4 is 17.9 Å². The average Bonchev–Trinajstić information content (AvgIpc) is 2.27. The summed E-state index contributed by atoms with van der Waals surface area (Å²) in [6.45, 7) is 4.04. The third-order valence-corrected chi connectivity index (χ3v) is 2.60. The molecule has 0 aromatic carbocycles. The van der Waals surface area contributed by atoms with Crippen molar-refractivity contribution in [2.24, 2.45) is 4.58 Å². The number of nitrogens with zero attached hydrogens (tertiary/aromatic N) is 2. The molecule has 0 aliphatic carbocycles. The summed E-state index contributed by atoms with van der Waals surface area (Å²) in [6.07, 6.45) is 3.10. The van der Waals surface area contributed by atoms with E-state index in [0.29, 0.717) is 12.1 Å². The quantitative estimate of drug-likeness (QED) is 0.630. The molecule has 1 amide bonds. The molecule has 16 heavy (non-hydrogen) atoms. The predicted octanol–water partition coefficient (Wildman–Crippen LogP) is 2.00. The Kier molecular flexibility index (Phi) is 4.42. The van der Waals surface area contributed by atoms with Gasteiger partial charge in [-0.1, -0.05) is 0 Å². The molecule has 6 heteroatoms. The number of hydrogen-bond acceptors (Lipinski definition) is 5. The third-order valence-electron chi connectivity index (χ3n) is 1.88. The van der Waals surface area contributed by atoms with Gasteiger partial charge in [0.15, 0.2) is 0 Å². The van der Waals surface area contributed by atoms with Crippen molar-refractivity contribution < 1.29 is 4.79 Å². The molecule has 1 rings (SSSR count). The van der Waals surface area contributed by atoms with Crippen LogP contribution < -0.4 is 5.32 Å². The smallest absolute Gasteiger partial charge is 0.252 e. The lowest BCUT2D eigenvalue weighted by molar-refractivity contribution is 0.0950. The molecule has 1 heterocycles. The standard InChI is InChI=1S/C10H13N3O2S/c1-10(2,16-13-15)7-12-9(14)8-4-3-5-11-6-8/h3-6H,7H2,1-2H3,(H,12,14). The summed E-state index contributed by atoms with van der Waals surface area (Å²) >= 11 is 0.910. The number of amides is 1. The number of carbonyl (C=O) groups excluding carboxylic acids is 1. The molecule has 1 N–H and O–H groups in total. The van der Waals surface area contributed by atoms with Crippen molar-refractivity contribution in [1.82, 2.24) is 10.3 Å². The Balaban J connectivity index is 2.50. The number of hydrogen-bond donors (Lipinski definition) is 1. The topological polar surface area (TPSA) is 71.4 Å². The van der Waals surface area contributed by atoms with Crippen LogP contribution in [-0.2, 0) is 0 Å². The number of nitroso groups, excluding NO2 is 1. The molecule has 0 spiro atoms. The lowest BCUT2D eigenvalue weighted by Crippen LogP contribution is -2.35. The van der Waals surface area contributed by atoms with Gasteiger partial charge in [0.2, 0.25) is 0 Å². The third kappa shape index (κ3) is 3.98. The zero-order valence-corrected chi connectivity index (χ0v) is 9.95. The molecule has 0 atom stereocenters. The molecular weight excluding hydrogens is 226 g/mol. The van der Waals surface area contributed by atoms with Crippen LogP contribution in [0, 0.1) is 4.91 Å². The van der Waals surface area contributed by atoms with Crippen LogP contribution in [0.4, 0.5) is 0 Å². The lowest BCUT2D eigenvalue weighted by atomic mass is 10.2. The van der Waals surface area contributed by atoms with Gasteiger partial charge in [0.1, 0.15) is 0 Å². The van der Waals surface area contributed by atoms with Crippen LogP contribution in [-0.4, -0.2) is 22.2 Å². The fourth-order valence-corrected chi connectivity index (χ4v) is 1.36. The number of rotatable bonds is 5. The van der Waals surface area contributed by atoms with Crippen molar-refractivity contribution in [3.8, 4) is 0 Å². The van der Waals surface area contributed by atoms with E-state index in [9.17, 15) is 9.70 Å². The van der Waals surface area contributed by atoms with Crippen molar-refractivity contribution in [3.63, 3.8) is 0 Å². The molecule has 1 aromatic rings. The number of carbonyl (C=O) groups is 1. The van der Waals surface area contributed by atoms with Crippen LogP contribution >= 0.6 is 11.9 Å². The van der Waals surface area contributed by atoms with E-state index in [2.05, 4.69) is 14.9 Å². The number of pyridine rings is 1. The van der Waals surface area contributed by atoms with Crippen molar-refractivity contribution in [2.45, 2.75) is 18.6 Å². The van der Waals surface area contributed by atoms with Gasteiger partial charge in [-0.3, -0.25) is 9.78 Å². The highest BCUT2D eigenvalue weighted by molar-refractivity contribution is 7.99. The molecule has 0 unspecified atom stereocenters. The highest BCUT2D eigenvalue weighted by Gasteiger charge is 2.20. The van der Waals surface area contributed by atoms with E-state index in [4.69, 9.17) is 0 Å². The maximum absolute atomic E-state index is 11.6. The molecule has 0 saturated heterocycles. The van der Waals surface area contributed by atoms with E-state index < -0.39 is 4.75 Å². The van der Waals surface area contributed by atoms with Crippen LogP contribution in [0.3, 0.4) is 0 Å². The van der Waals surface area contributed by atoms with Gasteiger partial charge in [-0.15, -0.1) is 4.91 Å². The minimum Gasteiger partial charge on any atom is -0.351 e. The first-order chi connectivity index (χ1) is 7.55. The van der Waals surface area contributed by atoms with Crippen molar-refractivity contribution in [2.75, 3.05) is 6.54 Å². The molecular formula is C10H13N3O2S. The minimum absolute atomic E-state index is 0.201. The molecule has 0 fully saturated rings. The first-order valence-corrected chi connectivity index (χ1v) is 5.51. The van der Waals surface area contributed by atoms with Gasteiger partial charge in [0, 0.05) is 35.5 Å². The summed E-state index contributed by atoms with van der Waals surface area (Å²) in [7, 11) is 0. The molecule has 0 aliphatic rings. The Hall–Kier alpha value is -1.43. The van der Waals surface area contributed by atoms with E-state index in [-0.39, 0.29) is 5.91 Å². The van der Waals surface area contributed by atoms with Crippen LogP contribution in [0.1, 0.15) is 24.2 Å². The average molecular weight is 239 g/mol. The van der Waals surface area contributed by atoms with Crippen LogP contribution in [0.5, 0.6) is 0 Å². The van der Waals surface area contributed by atoms with E-state index >= 15 is 0 Å². The maximum atomic E-state index is 11.6. The molecule has 0 bridgehead atoms. The van der Waals surface area contributed by atoms with E-state index in [1.165, 1.54) is 6.20 Å². The second kappa shape index (κ2) is 5.60. The molecule has 1 aromatic heterocycles. The summed E-state index contributed by atoms with van der Waals surface area (Å²) in [4.78, 5) is 25.6. The van der Waals surface area contributed by atoms with Crippen LogP contribution in [0.2, 0.25) is 0 Å². The molecule has 0 radical (unpaired) electrons. The Labute approximate surface area is 98.1 Å². The van der Waals surface area contributed by atoms with Crippen LogP contribution in [0.25, 0.3) is 0 Å². The number of aromatic nitrogens is 1. The van der Waals surface area contributed by atoms with Gasteiger partial charge in [0.05, 0.1) is 10.3 Å². The predicted molar refractivity (Wildman–Crippen MR) is 64.0 cm³/mol. The SMILES string of the molecule is CC(C)(CNC(=O)c1cccnc1)SN=O. The first-order valence-electron chi connectivity index (χ1n) is 4.74. The summed E-state index contributed by atoms with van der Waals surface area (Å²) in [6, 6.07) is 3.38. The van der Waals surface area contributed by atoms with E-state index in [1.54, 1.807) is 18.3 Å². The summed E-state index contributed by atoms with van der Waals surface area (Å²) < 4.78 is 2.36. The Morgan fingerprint density at radius 1 is 1.62 bits per heavy atom. The van der Waals surface area contributed by atoms with Gasteiger partial charge >= 0.3 is 0 Å². The second-order valence-corrected chi connectivity index (χ2v) is 5.29. The normalized spacial score (nSPS) is 10.9. The zero-order chi connectivity index (χ0) is 12.0. The van der Waals surface area contributed by atoms with Gasteiger partial charge in [0.25, 0.3) is 5.91 Å². The Morgan fingerprint density at radius 2 is 2.38 bits per heavy atom. The summed E-state index contributed by atoms with van der Waals surface area (Å²) in [5.41, 5.74) is 0.502. The largest absolute Gasteiger partial charge is 0.351 e.